The summed E-state index contributed by atoms with van der Waals surface area (Å²) in [5.74, 6) is 1.25. The fraction of sp³-hybridized carbons (Fsp3) is 0.462. The molecule has 1 aromatic carbocycles. The summed E-state index contributed by atoms with van der Waals surface area (Å²) in [5.41, 5.74) is 7.68. The third-order valence-corrected chi connectivity index (χ3v) is 3.60. The Kier molecular flexibility index (Phi) is 2.83. The predicted octanol–water partition coefficient (Wildman–Crippen LogP) is 1.20. The Hall–Kier alpha value is -1.75. The van der Waals surface area contributed by atoms with Gasteiger partial charge < -0.3 is 10.6 Å². The van der Waals surface area contributed by atoms with Gasteiger partial charge in [0, 0.05) is 19.1 Å². The molecule has 94 valence electrons. The van der Waals surface area contributed by atoms with E-state index >= 15 is 0 Å². The summed E-state index contributed by atoms with van der Waals surface area (Å²) < 4.78 is 0. The van der Waals surface area contributed by atoms with Crippen molar-refractivity contribution in [3.8, 4) is 0 Å². The third kappa shape index (κ3) is 2.01. The molecule has 2 N–H and O–H groups in total. The molecule has 0 radical (unpaired) electrons. The highest BCUT2D eigenvalue weighted by atomic mass is 15.3. The van der Waals surface area contributed by atoms with Crippen molar-refractivity contribution in [2.24, 2.45) is 11.7 Å². The van der Waals surface area contributed by atoms with Gasteiger partial charge in [0.25, 0.3) is 0 Å². The minimum Gasteiger partial charge on any atom is -0.339 e. The van der Waals surface area contributed by atoms with Gasteiger partial charge in [-0.25, -0.2) is 4.98 Å². The van der Waals surface area contributed by atoms with Gasteiger partial charge in [0.15, 0.2) is 0 Å². The van der Waals surface area contributed by atoms with Gasteiger partial charge in [-0.2, -0.15) is 0 Å². The summed E-state index contributed by atoms with van der Waals surface area (Å²) in [7, 11) is 0. The Bertz CT molecular complexity index is 554. The van der Waals surface area contributed by atoms with E-state index in [1.807, 2.05) is 24.3 Å². The highest BCUT2D eigenvalue weighted by Crippen LogP contribution is 2.22. The molecule has 2 unspecified atom stereocenters. The standard InChI is InChI=1S/C13H17N5/c1-9(14)10-6-7-18(8-10)13-15-11-4-2-3-5-12(11)16-17-13/h2-5,9-10H,6-8,14H2,1H3. The second-order valence-electron chi connectivity index (χ2n) is 4.95. The van der Waals surface area contributed by atoms with E-state index in [0.717, 1.165) is 36.5 Å². The Labute approximate surface area is 106 Å². The van der Waals surface area contributed by atoms with E-state index in [4.69, 9.17) is 5.73 Å². The van der Waals surface area contributed by atoms with Crippen LogP contribution in [0.1, 0.15) is 13.3 Å². The summed E-state index contributed by atoms with van der Waals surface area (Å²) in [6.07, 6.45) is 1.11. The molecule has 18 heavy (non-hydrogen) atoms. The van der Waals surface area contributed by atoms with Gasteiger partial charge in [-0.1, -0.05) is 12.1 Å². The Morgan fingerprint density at radius 3 is 2.78 bits per heavy atom. The summed E-state index contributed by atoms with van der Waals surface area (Å²) in [4.78, 5) is 6.74. The van der Waals surface area contributed by atoms with Crippen LogP contribution in [0, 0.1) is 5.92 Å². The summed E-state index contributed by atoms with van der Waals surface area (Å²) in [5, 5.41) is 8.42. The highest BCUT2D eigenvalue weighted by Gasteiger charge is 2.27. The van der Waals surface area contributed by atoms with Crippen molar-refractivity contribution in [1.29, 1.82) is 0 Å². The van der Waals surface area contributed by atoms with E-state index in [1.165, 1.54) is 0 Å². The van der Waals surface area contributed by atoms with Gasteiger partial charge in [0.1, 0.15) is 5.52 Å². The summed E-state index contributed by atoms with van der Waals surface area (Å²) in [6.45, 7) is 3.96. The van der Waals surface area contributed by atoms with Gasteiger partial charge in [0.2, 0.25) is 5.95 Å². The molecule has 0 bridgehead atoms. The first-order valence-corrected chi connectivity index (χ1v) is 6.34. The number of nitrogens with zero attached hydrogens (tertiary/aromatic N) is 4. The van der Waals surface area contributed by atoms with Crippen molar-refractivity contribution in [2.45, 2.75) is 19.4 Å². The van der Waals surface area contributed by atoms with Crippen LogP contribution in [0.2, 0.25) is 0 Å². The lowest BCUT2D eigenvalue weighted by Crippen LogP contribution is -2.30. The molecule has 0 aliphatic carbocycles. The van der Waals surface area contributed by atoms with Crippen LogP contribution in [0.5, 0.6) is 0 Å². The normalized spacial score (nSPS) is 21.4. The molecule has 5 heteroatoms. The number of rotatable bonds is 2. The second kappa shape index (κ2) is 4.49. The van der Waals surface area contributed by atoms with E-state index in [0.29, 0.717) is 5.92 Å². The van der Waals surface area contributed by atoms with Crippen molar-refractivity contribution in [3.05, 3.63) is 24.3 Å². The van der Waals surface area contributed by atoms with Crippen molar-refractivity contribution in [2.75, 3.05) is 18.0 Å². The van der Waals surface area contributed by atoms with E-state index in [2.05, 4.69) is 27.0 Å². The molecule has 0 amide bonds. The Balaban J connectivity index is 1.87. The fourth-order valence-corrected chi connectivity index (χ4v) is 2.40. The highest BCUT2D eigenvalue weighted by molar-refractivity contribution is 5.74. The topological polar surface area (TPSA) is 67.9 Å². The number of benzene rings is 1. The van der Waals surface area contributed by atoms with Crippen LogP contribution in [0.4, 0.5) is 5.95 Å². The van der Waals surface area contributed by atoms with Crippen LogP contribution in [-0.2, 0) is 0 Å². The fourth-order valence-electron chi connectivity index (χ4n) is 2.40. The van der Waals surface area contributed by atoms with Crippen molar-refractivity contribution in [1.82, 2.24) is 15.2 Å². The van der Waals surface area contributed by atoms with Crippen LogP contribution in [-0.4, -0.2) is 34.3 Å². The molecule has 2 atom stereocenters. The lowest BCUT2D eigenvalue weighted by molar-refractivity contribution is 0.487. The quantitative estimate of drug-likeness (QED) is 0.858. The molecule has 1 saturated heterocycles. The third-order valence-electron chi connectivity index (χ3n) is 3.60. The van der Waals surface area contributed by atoms with Crippen LogP contribution >= 0.6 is 0 Å². The first kappa shape index (κ1) is 11.3. The maximum atomic E-state index is 5.95. The molecule has 5 nitrogen and oxygen atoms in total. The number of anilines is 1. The van der Waals surface area contributed by atoms with Gasteiger partial charge in [-0.05, 0) is 31.4 Å². The molecule has 0 saturated carbocycles. The van der Waals surface area contributed by atoms with E-state index in [-0.39, 0.29) is 6.04 Å². The number of para-hydroxylation sites is 1. The molecule has 1 aromatic heterocycles. The number of fused-ring (bicyclic) bond motifs is 1. The zero-order valence-electron chi connectivity index (χ0n) is 10.5. The average Bonchev–Trinajstić information content (AvgIpc) is 2.88. The first-order chi connectivity index (χ1) is 8.74. The van der Waals surface area contributed by atoms with Gasteiger partial charge in [-0.3, -0.25) is 0 Å². The predicted molar refractivity (Wildman–Crippen MR) is 71.3 cm³/mol. The second-order valence-corrected chi connectivity index (χ2v) is 4.95. The van der Waals surface area contributed by atoms with Crippen LogP contribution < -0.4 is 10.6 Å². The zero-order valence-corrected chi connectivity index (χ0v) is 10.5. The van der Waals surface area contributed by atoms with E-state index in [1.54, 1.807) is 0 Å². The van der Waals surface area contributed by atoms with Crippen LogP contribution in [0.3, 0.4) is 0 Å². The molecular weight excluding hydrogens is 226 g/mol. The number of hydrogen-bond acceptors (Lipinski definition) is 5. The molecule has 2 aromatic rings. The van der Waals surface area contributed by atoms with Crippen molar-refractivity contribution >= 4 is 17.0 Å². The minimum absolute atomic E-state index is 0.225. The maximum absolute atomic E-state index is 5.95. The molecule has 1 aliphatic heterocycles. The smallest absolute Gasteiger partial charge is 0.245 e. The molecule has 1 fully saturated rings. The van der Waals surface area contributed by atoms with Gasteiger partial charge in [0.05, 0.1) is 5.52 Å². The van der Waals surface area contributed by atoms with E-state index in [9.17, 15) is 0 Å². The molecule has 1 aliphatic rings. The van der Waals surface area contributed by atoms with Crippen LogP contribution in [0.15, 0.2) is 24.3 Å². The van der Waals surface area contributed by atoms with E-state index < -0.39 is 0 Å². The average molecular weight is 243 g/mol. The molecule has 3 rings (SSSR count). The SMILES string of the molecule is CC(N)C1CCN(c2nnc3ccccc3n2)C1. The zero-order chi connectivity index (χ0) is 12.5. The van der Waals surface area contributed by atoms with Crippen LogP contribution in [0.25, 0.3) is 11.0 Å². The van der Waals surface area contributed by atoms with Gasteiger partial charge in [-0.15, -0.1) is 10.2 Å². The molecule has 0 spiro atoms. The Morgan fingerprint density at radius 1 is 1.28 bits per heavy atom. The lowest BCUT2D eigenvalue weighted by Gasteiger charge is -2.17. The van der Waals surface area contributed by atoms with Gasteiger partial charge >= 0.3 is 0 Å². The number of aromatic nitrogens is 3. The summed E-state index contributed by atoms with van der Waals surface area (Å²) >= 11 is 0. The number of nitrogens with two attached hydrogens (primary N) is 1. The monoisotopic (exact) mass is 243 g/mol. The molecular formula is C13H17N5. The van der Waals surface area contributed by atoms with Crippen molar-refractivity contribution < 1.29 is 0 Å². The Morgan fingerprint density at radius 2 is 2.06 bits per heavy atom. The van der Waals surface area contributed by atoms with Crippen molar-refractivity contribution in [3.63, 3.8) is 0 Å². The maximum Gasteiger partial charge on any atom is 0.245 e. The minimum atomic E-state index is 0.225. The first-order valence-electron chi connectivity index (χ1n) is 6.34. The largest absolute Gasteiger partial charge is 0.339 e. The lowest BCUT2D eigenvalue weighted by atomic mass is 10.0. The number of hydrogen-bond donors (Lipinski definition) is 1. The molecule has 2 heterocycles. The summed E-state index contributed by atoms with van der Waals surface area (Å²) in [6, 6.07) is 8.03.